The van der Waals surface area contributed by atoms with Crippen molar-refractivity contribution in [1.29, 1.82) is 0 Å². The lowest BCUT2D eigenvalue weighted by Crippen LogP contribution is -2.18. The van der Waals surface area contributed by atoms with Gasteiger partial charge in [-0.2, -0.15) is 4.98 Å². The minimum Gasteiger partial charge on any atom is -0.492 e. The summed E-state index contributed by atoms with van der Waals surface area (Å²) >= 11 is 0. The number of nitrogens with one attached hydrogen (secondary N) is 2. The molecule has 12 heteroatoms. The molecule has 2 aromatic carbocycles. The second-order valence-corrected chi connectivity index (χ2v) is 11.5. The number of nitrogens with zero attached hydrogens (tertiary/aromatic N) is 2. The number of methoxy groups -OCH3 is 1. The van der Waals surface area contributed by atoms with Gasteiger partial charge in [-0.15, -0.1) is 0 Å². The van der Waals surface area contributed by atoms with E-state index in [1.165, 1.54) is 25.4 Å². The van der Waals surface area contributed by atoms with Gasteiger partial charge in [0.25, 0.3) is 5.91 Å². The quantitative estimate of drug-likeness (QED) is 0.316. The van der Waals surface area contributed by atoms with E-state index in [0.29, 0.717) is 11.4 Å². The normalized spacial score (nSPS) is 12.5. The highest BCUT2D eigenvalue weighted by molar-refractivity contribution is 7.92. The number of carbonyl (C=O) groups excluding carboxylic acids is 1. The van der Waals surface area contributed by atoms with E-state index in [2.05, 4.69) is 20.0 Å². The molecule has 0 saturated heterocycles. The third-order valence-electron chi connectivity index (χ3n) is 5.36. The molecule has 3 aromatic rings. The zero-order valence-electron chi connectivity index (χ0n) is 22.1. The summed E-state index contributed by atoms with van der Waals surface area (Å²) in [4.78, 5) is 21.3. The van der Waals surface area contributed by atoms with Crippen molar-refractivity contribution in [3.63, 3.8) is 0 Å². The first-order valence-corrected chi connectivity index (χ1v) is 13.5. The van der Waals surface area contributed by atoms with Crippen LogP contribution in [0.15, 0.2) is 42.6 Å². The maximum absolute atomic E-state index is 13.3. The smallest absolute Gasteiger partial charge is 0.255 e. The molecule has 11 nitrogen and oxygen atoms in total. The fourth-order valence-corrected chi connectivity index (χ4v) is 4.11. The van der Waals surface area contributed by atoms with Crippen molar-refractivity contribution in [2.75, 3.05) is 30.0 Å². The van der Waals surface area contributed by atoms with E-state index in [9.17, 15) is 18.3 Å². The predicted octanol–water partition coefficient (Wildman–Crippen LogP) is 3.53. The van der Waals surface area contributed by atoms with Crippen LogP contribution in [0.5, 0.6) is 17.4 Å². The number of sulfonamides is 1. The molecule has 0 aliphatic heterocycles. The van der Waals surface area contributed by atoms with Crippen LogP contribution in [0.2, 0.25) is 0 Å². The summed E-state index contributed by atoms with van der Waals surface area (Å²) in [5.74, 6) is 0.118. The number of benzene rings is 2. The van der Waals surface area contributed by atoms with Gasteiger partial charge < -0.3 is 25.0 Å². The Morgan fingerprint density at radius 3 is 2.42 bits per heavy atom. The topological polar surface area (TPSA) is 160 Å². The highest BCUT2D eigenvalue weighted by atomic mass is 32.2. The Balaban J connectivity index is 1.97. The number of carbonyl (C=O) groups is 1. The summed E-state index contributed by atoms with van der Waals surface area (Å²) in [5, 5.41) is 21.7. The first kappa shape index (κ1) is 28.8. The second kappa shape index (κ2) is 11.3. The molecule has 0 saturated carbocycles. The van der Waals surface area contributed by atoms with E-state index < -0.39 is 28.6 Å². The molecular weight excluding hydrogens is 512 g/mol. The van der Waals surface area contributed by atoms with Crippen LogP contribution in [0.1, 0.15) is 54.2 Å². The summed E-state index contributed by atoms with van der Waals surface area (Å²) in [5.41, 5.74) is 1.91. The number of anilines is 2. The van der Waals surface area contributed by atoms with Gasteiger partial charge in [0, 0.05) is 17.8 Å². The molecule has 0 radical (unpaired) electrons. The maximum Gasteiger partial charge on any atom is 0.255 e. The molecule has 1 amide bonds. The van der Waals surface area contributed by atoms with Crippen LogP contribution in [-0.2, 0) is 15.4 Å². The van der Waals surface area contributed by atoms with E-state index in [-0.39, 0.29) is 34.1 Å². The molecule has 1 heterocycles. The molecule has 0 aliphatic carbocycles. The van der Waals surface area contributed by atoms with E-state index in [0.717, 1.165) is 17.4 Å². The van der Waals surface area contributed by atoms with Crippen LogP contribution >= 0.6 is 0 Å². The van der Waals surface area contributed by atoms with Gasteiger partial charge in [0.05, 0.1) is 31.3 Å². The van der Waals surface area contributed by atoms with Crippen molar-refractivity contribution >= 4 is 27.3 Å². The Bertz CT molecular complexity index is 1440. The van der Waals surface area contributed by atoms with Crippen molar-refractivity contribution in [2.45, 2.75) is 39.2 Å². The Morgan fingerprint density at radius 2 is 1.82 bits per heavy atom. The van der Waals surface area contributed by atoms with E-state index in [1.807, 2.05) is 20.8 Å². The number of hydrogen-bond acceptors (Lipinski definition) is 9. The Hall–Kier alpha value is -3.74. The highest BCUT2D eigenvalue weighted by Gasteiger charge is 2.23. The van der Waals surface area contributed by atoms with E-state index >= 15 is 0 Å². The summed E-state index contributed by atoms with van der Waals surface area (Å²) < 4.78 is 37.7. The zero-order valence-corrected chi connectivity index (χ0v) is 22.9. The number of hydrogen-bond donors (Lipinski definition) is 4. The number of aliphatic hydroxyl groups excluding tert-OH is 2. The minimum absolute atomic E-state index is 0.0000445. The van der Waals surface area contributed by atoms with Gasteiger partial charge in [-0.05, 0) is 53.8 Å². The SMILES string of the molecule is COc1c(NC(=O)c2cc(C)cc(Oc3ccnc(C(O)CO)n3)c2)cc(C(C)(C)C)cc1NS(C)(=O)=O. The van der Waals surface area contributed by atoms with Crippen LogP contribution in [0.25, 0.3) is 0 Å². The van der Waals surface area contributed by atoms with Crippen LogP contribution in [0.3, 0.4) is 0 Å². The van der Waals surface area contributed by atoms with Crippen molar-refractivity contribution in [2.24, 2.45) is 0 Å². The average Bonchev–Trinajstić information content (AvgIpc) is 2.81. The molecule has 1 aromatic heterocycles. The number of ether oxygens (including phenoxy) is 2. The number of aryl methyl sites for hydroxylation is 1. The average molecular weight is 545 g/mol. The van der Waals surface area contributed by atoms with Gasteiger partial charge in [-0.3, -0.25) is 9.52 Å². The van der Waals surface area contributed by atoms with Crippen LogP contribution in [0.4, 0.5) is 11.4 Å². The van der Waals surface area contributed by atoms with Crippen LogP contribution in [-0.4, -0.2) is 54.5 Å². The third-order valence-corrected chi connectivity index (χ3v) is 5.95. The lowest BCUT2D eigenvalue weighted by molar-refractivity contribution is 0.0881. The summed E-state index contributed by atoms with van der Waals surface area (Å²) in [6.45, 7) is 7.14. The summed E-state index contributed by atoms with van der Waals surface area (Å²) in [6.07, 6.45) is 1.17. The Morgan fingerprint density at radius 1 is 1.13 bits per heavy atom. The summed E-state index contributed by atoms with van der Waals surface area (Å²) in [6, 6.07) is 9.79. The molecule has 0 spiro atoms. The molecule has 4 N–H and O–H groups in total. The molecule has 204 valence electrons. The van der Waals surface area contributed by atoms with E-state index in [4.69, 9.17) is 14.6 Å². The molecule has 38 heavy (non-hydrogen) atoms. The van der Waals surface area contributed by atoms with Crippen molar-refractivity contribution < 1.29 is 32.9 Å². The molecule has 1 unspecified atom stereocenters. The van der Waals surface area contributed by atoms with Crippen molar-refractivity contribution in [3.05, 3.63) is 65.1 Å². The standard InChI is InChI=1S/C26H32N4O7S/c1-15-9-16(11-18(10-15)37-22-7-8-27-24(29-22)21(32)14-31)25(33)28-19-12-17(26(2,3)4)13-20(23(19)36-5)30-38(6,34)35/h7-13,21,30-32H,14H2,1-6H3,(H,28,33). The van der Waals surface area contributed by atoms with Crippen molar-refractivity contribution in [1.82, 2.24) is 9.97 Å². The van der Waals surface area contributed by atoms with Crippen LogP contribution in [0, 0.1) is 6.92 Å². The third kappa shape index (κ3) is 7.40. The maximum atomic E-state index is 13.3. The van der Waals surface area contributed by atoms with Gasteiger partial charge in [-0.1, -0.05) is 20.8 Å². The number of aliphatic hydroxyl groups is 2. The monoisotopic (exact) mass is 544 g/mol. The lowest BCUT2D eigenvalue weighted by Gasteiger charge is -2.24. The zero-order chi connectivity index (χ0) is 28.3. The van der Waals surface area contributed by atoms with Gasteiger partial charge >= 0.3 is 0 Å². The van der Waals surface area contributed by atoms with E-state index in [1.54, 1.807) is 31.2 Å². The molecule has 0 bridgehead atoms. The number of amides is 1. The molecular formula is C26H32N4O7S. The number of rotatable bonds is 9. The van der Waals surface area contributed by atoms with Gasteiger partial charge in [0.2, 0.25) is 15.9 Å². The largest absolute Gasteiger partial charge is 0.492 e. The Kier molecular flexibility index (Phi) is 8.60. The lowest BCUT2D eigenvalue weighted by atomic mass is 9.86. The predicted molar refractivity (Wildman–Crippen MR) is 143 cm³/mol. The van der Waals surface area contributed by atoms with Crippen LogP contribution < -0.4 is 19.5 Å². The molecule has 1 atom stereocenters. The first-order chi connectivity index (χ1) is 17.7. The molecule has 0 fully saturated rings. The van der Waals surface area contributed by atoms with Gasteiger partial charge in [0.15, 0.2) is 11.6 Å². The van der Waals surface area contributed by atoms with Gasteiger partial charge in [-0.25, -0.2) is 13.4 Å². The first-order valence-electron chi connectivity index (χ1n) is 11.6. The molecule has 0 aliphatic rings. The fourth-order valence-electron chi connectivity index (χ4n) is 3.56. The fraction of sp³-hybridized carbons (Fsp3) is 0.346. The second-order valence-electron chi connectivity index (χ2n) is 9.77. The Labute approximate surface area is 221 Å². The van der Waals surface area contributed by atoms with Crippen molar-refractivity contribution in [3.8, 4) is 17.4 Å². The number of aromatic nitrogens is 2. The van der Waals surface area contributed by atoms with Gasteiger partial charge in [0.1, 0.15) is 11.9 Å². The summed E-state index contributed by atoms with van der Waals surface area (Å²) in [7, 11) is -2.23. The molecule has 3 rings (SSSR count). The minimum atomic E-state index is -3.62. The highest BCUT2D eigenvalue weighted by Crippen LogP contribution is 2.39.